The smallest absolute Gasteiger partial charge is 0.308 e. The first-order chi connectivity index (χ1) is 9.54. The van der Waals surface area contributed by atoms with Crippen molar-refractivity contribution in [1.29, 1.82) is 0 Å². The predicted octanol–water partition coefficient (Wildman–Crippen LogP) is 1.15. The number of ether oxygens (including phenoxy) is 1. The summed E-state index contributed by atoms with van der Waals surface area (Å²) in [7, 11) is 1.70. The Balaban J connectivity index is 2.13. The molecular formula is C14H18N2O4. The molecule has 1 aromatic rings. The third-order valence-electron chi connectivity index (χ3n) is 3.63. The fraction of sp³-hybridized carbons (Fsp3) is 0.571. The molecule has 2 atom stereocenters. The van der Waals surface area contributed by atoms with E-state index in [0.717, 1.165) is 0 Å². The van der Waals surface area contributed by atoms with Crippen LogP contribution in [0.2, 0.25) is 0 Å². The number of nitrogens with zero attached hydrogens (tertiary/aromatic N) is 2. The lowest BCUT2D eigenvalue weighted by Crippen LogP contribution is -2.35. The fourth-order valence-corrected chi connectivity index (χ4v) is 2.51. The van der Waals surface area contributed by atoms with E-state index in [1.807, 2.05) is 0 Å². The van der Waals surface area contributed by atoms with Gasteiger partial charge in [0.05, 0.1) is 18.4 Å². The number of hydrogen-bond acceptors (Lipinski definition) is 5. The van der Waals surface area contributed by atoms with Gasteiger partial charge in [0.25, 0.3) is 0 Å². The van der Waals surface area contributed by atoms with Gasteiger partial charge < -0.3 is 9.30 Å². The SMILES string of the molecule is CCOC(=O)C1CCC(=O)C(C(=O)c2nccn2C)C1. The molecule has 2 unspecified atom stereocenters. The average molecular weight is 278 g/mol. The first-order valence-electron chi connectivity index (χ1n) is 6.75. The minimum absolute atomic E-state index is 0.112. The number of ketones is 2. The second-order valence-corrected chi connectivity index (χ2v) is 4.97. The molecule has 1 aromatic heterocycles. The largest absolute Gasteiger partial charge is 0.466 e. The van der Waals surface area contributed by atoms with Crippen LogP contribution in [0.25, 0.3) is 0 Å². The van der Waals surface area contributed by atoms with Crippen LogP contribution < -0.4 is 0 Å². The Kier molecular flexibility index (Phi) is 4.32. The van der Waals surface area contributed by atoms with Gasteiger partial charge in [0.15, 0.2) is 5.82 Å². The summed E-state index contributed by atoms with van der Waals surface area (Å²) >= 11 is 0. The fourth-order valence-electron chi connectivity index (χ4n) is 2.51. The van der Waals surface area contributed by atoms with Gasteiger partial charge in [0.2, 0.25) is 5.78 Å². The molecule has 1 aliphatic rings. The van der Waals surface area contributed by atoms with Crippen LogP contribution in [-0.4, -0.2) is 33.7 Å². The van der Waals surface area contributed by atoms with Gasteiger partial charge in [-0.15, -0.1) is 0 Å². The van der Waals surface area contributed by atoms with E-state index >= 15 is 0 Å². The van der Waals surface area contributed by atoms with E-state index in [2.05, 4.69) is 4.98 Å². The molecule has 1 fully saturated rings. The van der Waals surface area contributed by atoms with Crippen LogP contribution in [0.1, 0.15) is 36.8 Å². The van der Waals surface area contributed by atoms with Crippen molar-refractivity contribution in [3.05, 3.63) is 18.2 Å². The third kappa shape index (κ3) is 2.79. The summed E-state index contributed by atoms with van der Waals surface area (Å²) in [4.78, 5) is 40.1. The molecule has 0 N–H and O–H groups in total. The Morgan fingerprint density at radius 2 is 2.25 bits per heavy atom. The van der Waals surface area contributed by atoms with E-state index in [0.29, 0.717) is 13.0 Å². The minimum Gasteiger partial charge on any atom is -0.466 e. The van der Waals surface area contributed by atoms with Crippen LogP contribution in [-0.2, 0) is 21.4 Å². The molecule has 2 rings (SSSR count). The maximum Gasteiger partial charge on any atom is 0.308 e. The van der Waals surface area contributed by atoms with E-state index in [4.69, 9.17) is 4.74 Å². The molecule has 0 spiro atoms. The Labute approximate surface area is 117 Å². The summed E-state index contributed by atoms with van der Waals surface area (Å²) < 4.78 is 6.56. The van der Waals surface area contributed by atoms with Crippen LogP contribution in [0.15, 0.2) is 12.4 Å². The van der Waals surface area contributed by atoms with Crippen molar-refractivity contribution in [2.75, 3.05) is 6.61 Å². The molecule has 6 nitrogen and oxygen atoms in total. The van der Waals surface area contributed by atoms with Gasteiger partial charge in [0.1, 0.15) is 5.78 Å². The highest BCUT2D eigenvalue weighted by Gasteiger charge is 2.38. The van der Waals surface area contributed by atoms with Crippen molar-refractivity contribution in [2.45, 2.75) is 26.2 Å². The third-order valence-corrected chi connectivity index (χ3v) is 3.63. The maximum atomic E-state index is 12.4. The van der Waals surface area contributed by atoms with Crippen molar-refractivity contribution in [3.63, 3.8) is 0 Å². The van der Waals surface area contributed by atoms with E-state index in [1.54, 1.807) is 24.7 Å². The topological polar surface area (TPSA) is 78.3 Å². The number of rotatable bonds is 4. The molecule has 6 heteroatoms. The highest BCUT2D eigenvalue weighted by molar-refractivity contribution is 6.09. The maximum absolute atomic E-state index is 12.4. The summed E-state index contributed by atoms with van der Waals surface area (Å²) in [5.41, 5.74) is 0. The zero-order valence-corrected chi connectivity index (χ0v) is 11.7. The van der Waals surface area contributed by atoms with Crippen molar-refractivity contribution in [1.82, 2.24) is 9.55 Å². The van der Waals surface area contributed by atoms with Crippen molar-refractivity contribution < 1.29 is 19.1 Å². The number of carbonyl (C=O) groups excluding carboxylic acids is 3. The molecule has 0 aromatic carbocycles. The molecule has 1 aliphatic carbocycles. The highest BCUT2D eigenvalue weighted by atomic mass is 16.5. The molecule has 0 radical (unpaired) electrons. The van der Waals surface area contributed by atoms with Gasteiger partial charge in [0, 0.05) is 25.9 Å². The van der Waals surface area contributed by atoms with Crippen LogP contribution in [0.5, 0.6) is 0 Å². The van der Waals surface area contributed by atoms with E-state index in [9.17, 15) is 14.4 Å². The molecule has 0 saturated heterocycles. The van der Waals surface area contributed by atoms with Crippen molar-refractivity contribution in [2.24, 2.45) is 18.9 Å². The lowest BCUT2D eigenvalue weighted by molar-refractivity contribution is -0.150. The second-order valence-electron chi connectivity index (χ2n) is 4.97. The summed E-state index contributed by atoms with van der Waals surface area (Å²) in [6, 6.07) is 0. The number of aromatic nitrogens is 2. The average Bonchev–Trinajstić information content (AvgIpc) is 2.85. The number of carbonyl (C=O) groups is 3. The first-order valence-corrected chi connectivity index (χ1v) is 6.75. The van der Waals surface area contributed by atoms with E-state index in [1.165, 1.54) is 6.20 Å². The summed E-state index contributed by atoms with van der Waals surface area (Å²) in [5.74, 6) is -1.64. The molecule has 1 heterocycles. The lowest BCUT2D eigenvalue weighted by atomic mass is 9.78. The van der Waals surface area contributed by atoms with Gasteiger partial charge in [-0.2, -0.15) is 0 Å². The van der Waals surface area contributed by atoms with Crippen LogP contribution >= 0.6 is 0 Å². The van der Waals surface area contributed by atoms with Gasteiger partial charge >= 0.3 is 5.97 Å². The van der Waals surface area contributed by atoms with Gasteiger partial charge in [-0.05, 0) is 19.8 Å². The molecule has 0 amide bonds. The Hall–Kier alpha value is -1.98. The van der Waals surface area contributed by atoms with Crippen LogP contribution in [0, 0.1) is 11.8 Å². The zero-order chi connectivity index (χ0) is 14.7. The number of hydrogen-bond donors (Lipinski definition) is 0. The lowest BCUT2D eigenvalue weighted by Gasteiger charge is -2.25. The molecular weight excluding hydrogens is 260 g/mol. The zero-order valence-electron chi connectivity index (χ0n) is 11.7. The quantitative estimate of drug-likeness (QED) is 0.469. The predicted molar refractivity (Wildman–Crippen MR) is 70.0 cm³/mol. The summed E-state index contributed by atoms with van der Waals surface area (Å²) in [6.45, 7) is 2.05. The second kappa shape index (κ2) is 5.98. The van der Waals surface area contributed by atoms with Crippen LogP contribution in [0.4, 0.5) is 0 Å². The highest BCUT2D eigenvalue weighted by Crippen LogP contribution is 2.29. The van der Waals surface area contributed by atoms with Crippen molar-refractivity contribution in [3.8, 4) is 0 Å². The van der Waals surface area contributed by atoms with Gasteiger partial charge in [-0.1, -0.05) is 0 Å². The van der Waals surface area contributed by atoms with Gasteiger partial charge in [-0.25, -0.2) is 4.98 Å². The molecule has 0 bridgehead atoms. The Morgan fingerprint density at radius 3 is 2.85 bits per heavy atom. The van der Waals surface area contributed by atoms with E-state index < -0.39 is 5.92 Å². The molecule has 108 valence electrons. The van der Waals surface area contributed by atoms with Gasteiger partial charge in [-0.3, -0.25) is 14.4 Å². The Bertz CT molecular complexity index is 535. The molecule has 1 saturated carbocycles. The summed E-state index contributed by atoms with van der Waals surface area (Å²) in [5, 5.41) is 0. The first kappa shape index (κ1) is 14.4. The number of aryl methyl sites for hydroxylation is 1. The minimum atomic E-state index is -0.778. The standard InChI is InChI=1S/C14H18N2O4/c1-3-20-14(19)9-4-5-11(17)10(8-9)12(18)13-15-6-7-16(13)2/h6-7,9-10H,3-5,8H2,1-2H3. The number of esters is 1. The Morgan fingerprint density at radius 1 is 1.50 bits per heavy atom. The molecule has 20 heavy (non-hydrogen) atoms. The van der Waals surface area contributed by atoms with Crippen molar-refractivity contribution >= 4 is 17.5 Å². The van der Waals surface area contributed by atoms with E-state index in [-0.39, 0.29) is 42.1 Å². The summed E-state index contributed by atoms with van der Waals surface area (Å²) in [6.07, 6.45) is 4.10. The molecule has 0 aliphatic heterocycles. The number of Topliss-reactive ketones (excluding diaryl/α,β-unsaturated/α-hetero) is 2. The normalized spacial score (nSPS) is 22.6. The van der Waals surface area contributed by atoms with Crippen LogP contribution in [0.3, 0.4) is 0 Å². The number of imidazole rings is 1. The monoisotopic (exact) mass is 278 g/mol.